The van der Waals surface area contributed by atoms with Crippen LogP contribution in [0, 0.1) is 24.3 Å². The summed E-state index contributed by atoms with van der Waals surface area (Å²) in [6.45, 7) is 3.75. The molecule has 4 aromatic rings. The summed E-state index contributed by atoms with van der Waals surface area (Å²) in [6, 6.07) is 19.8. The van der Waals surface area contributed by atoms with Crippen molar-refractivity contribution in [2.24, 2.45) is 16.1 Å². The summed E-state index contributed by atoms with van der Waals surface area (Å²) in [5, 5.41) is 7.07. The molecule has 38 heavy (non-hydrogen) atoms. The lowest BCUT2D eigenvalue weighted by Crippen LogP contribution is -2.15. The van der Waals surface area contributed by atoms with Gasteiger partial charge in [-0.2, -0.15) is 18.7 Å². The molecule has 0 unspecified atom stereocenters. The fourth-order valence-corrected chi connectivity index (χ4v) is 5.32. The van der Waals surface area contributed by atoms with Gasteiger partial charge in [0.25, 0.3) is 0 Å². The summed E-state index contributed by atoms with van der Waals surface area (Å²) in [5.74, 6) is 6.59. The van der Waals surface area contributed by atoms with Gasteiger partial charge in [0.05, 0.1) is 5.92 Å². The van der Waals surface area contributed by atoms with Gasteiger partial charge in [-0.05, 0) is 60.4 Å². The zero-order chi connectivity index (χ0) is 27.3. The lowest BCUT2D eigenvalue weighted by Gasteiger charge is -2.13. The fourth-order valence-electron chi connectivity index (χ4n) is 4.26. The molecule has 5 nitrogen and oxygen atoms in total. The molecule has 194 valence electrons. The monoisotopic (exact) mass is 534 g/mol. The van der Waals surface area contributed by atoms with E-state index in [1.54, 1.807) is 37.3 Å². The van der Waals surface area contributed by atoms with Crippen LogP contribution in [0.4, 0.5) is 13.2 Å². The third kappa shape index (κ3) is 6.03. The fraction of sp³-hybridized carbons (Fsp3) is 0.207. The number of ether oxygens (including phenoxy) is 1. The van der Waals surface area contributed by atoms with E-state index in [9.17, 15) is 13.2 Å². The first-order valence-corrected chi connectivity index (χ1v) is 12.5. The number of fused-ring (bicyclic) bond motifs is 1. The number of hydrogen-bond acceptors (Lipinski definition) is 4. The van der Waals surface area contributed by atoms with E-state index >= 15 is 0 Å². The number of nitrogens with one attached hydrogen (secondary N) is 1. The molecule has 0 amide bonds. The zero-order valence-electron chi connectivity index (χ0n) is 20.8. The van der Waals surface area contributed by atoms with E-state index in [1.807, 2.05) is 43.3 Å². The summed E-state index contributed by atoms with van der Waals surface area (Å²) in [7, 11) is 0. The van der Waals surface area contributed by atoms with Gasteiger partial charge >= 0.3 is 6.18 Å². The molecule has 0 aliphatic heterocycles. The number of halogens is 3. The molecular weight excluding hydrogens is 509 g/mol. The summed E-state index contributed by atoms with van der Waals surface area (Å²) in [4.78, 5) is -0.595. The van der Waals surface area contributed by atoms with Gasteiger partial charge in [0.15, 0.2) is 0 Å². The highest BCUT2D eigenvalue weighted by Gasteiger charge is 2.37. The minimum atomic E-state index is -4.45. The molecular formula is C29H25F3N4OS. The van der Waals surface area contributed by atoms with Gasteiger partial charge in [-0.1, -0.05) is 53.6 Å². The van der Waals surface area contributed by atoms with Crippen molar-refractivity contribution in [3.63, 3.8) is 0 Å². The lowest BCUT2D eigenvalue weighted by molar-refractivity contribution is -0.133. The third-order valence-corrected chi connectivity index (χ3v) is 7.24. The van der Waals surface area contributed by atoms with Gasteiger partial charge in [0.2, 0.25) is 0 Å². The minimum Gasteiger partial charge on any atom is -0.489 e. The van der Waals surface area contributed by atoms with Crippen molar-refractivity contribution < 1.29 is 17.9 Å². The summed E-state index contributed by atoms with van der Waals surface area (Å²) in [5.41, 5.74) is 15.9. The van der Waals surface area contributed by atoms with Crippen LogP contribution in [-0.4, -0.2) is 5.84 Å². The first-order valence-electron chi connectivity index (χ1n) is 11.7. The molecule has 0 aliphatic carbocycles. The second-order valence-corrected chi connectivity index (χ2v) is 9.70. The van der Waals surface area contributed by atoms with Crippen LogP contribution in [0.1, 0.15) is 40.8 Å². The van der Waals surface area contributed by atoms with E-state index in [-0.39, 0.29) is 23.9 Å². The van der Waals surface area contributed by atoms with Gasteiger partial charge in [-0.25, -0.2) is 0 Å². The number of nitrogens with zero attached hydrogens (tertiary/aromatic N) is 2. The van der Waals surface area contributed by atoms with E-state index in [0.717, 1.165) is 28.0 Å². The molecule has 3 aromatic carbocycles. The Kier molecular flexibility index (Phi) is 8.13. The highest BCUT2D eigenvalue weighted by atomic mass is 32.1. The SMILES string of the molecule is CC#C[C@@H](C/C(N)=N/N=N)c1ccc(OCc2ccc3sc(C(F)(F)F)c(-c4ccccc4C)c3c2)cc1. The van der Waals surface area contributed by atoms with E-state index in [0.29, 0.717) is 27.8 Å². The average Bonchev–Trinajstić information content (AvgIpc) is 3.27. The van der Waals surface area contributed by atoms with E-state index in [4.69, 9.17) is 16.0 Å². The van der Waals surface area contributed by atoms with Gasteiger partial charge in [0, 0.05) is 22.1 Å². The summed E-state index contributed by atoms with van der Waals surface area (Å²) >= 11 is 0.762. The number of amidine groups is 1. The van der Waals surface area contributed by atoms with Crippen LogP contribution in [0.25, 0.3) is 21.2 Å². The van der Waals surface area contributed by atoms with Crippen molar-refractivity contribution in [2.45, 2.75) is 39.0 Å². The van der Waals surface area contributed by atoms with Crippen molar-refractivity contribution >= 4 is 27.3 Å². The maximum absolute atomic E-state index is 14.0. The van der Waals surface area contributed by atoms with Crippen LogP contribution in [0.2, 0.25) is 0 Å². The van der Waals surface area contributed by atoms with Crippen molar-refractivity contribution in [2.75, 3.05) is 0 Å². The molecule has 4 rings (SSSR count). The van der Waals surface area contributed by atoms with Crippen molar-refractivity contribution in [1.29, 1.82) is 5.53 Å². The number of thiophene rings is 1. The van der Waals surface area contributed by atoms with Crippen LogP contribution < -0.4 is 10.5 Å². The molecule has 1 heterocycles. The molecule has 9 heteroatoms. The topological polar surface area (TPSA) is 83.8 Å². The lowest BCUT2D eigenvalue weighted by atomic mass is 9.95. The van der Waals surface area contributed by atoms with E-state index in [1.165, 1.54) is 0 Å². The molecule has 1 aromatic heterocycles. The molecule has 1 atom stereocenters. The number of hydrogen-bond donors (Lipinski definition) is 2. The van der Waals surface area contributed by atoms with Crippen molar-refractivity contribution in [3.05, 3.63) is 88.3 Å². The van der Waals surface area contributed by atoms with E-state index in [2.05, 4.69) is 22.2 Å². The average molecular weight is 535 g/mol. The quantitative estimate of drug-likeness (QED) is 0.0784. The molecule has 0 bridgehead atoms. The molecule has 0 saturated carbocycles. The minimum absolute atomic E-state index is 0.197. The molecule has 0 aliphatic rings. The van der Waals surface area contributed by atoms with Crippen LogP contribution >= 0.6 is 11.3 Å². The highest BCUT2D eigenvalue weighted by molar-refractivity contribution is 7.19. The van der Waals surface area contributed by atoms with Gasteiger partial charge < -0.3 is 10.5 Å². The van der Waals surface area contributed by atoms with E-state index < -0.39 is 11.1 Å². The maximum atomic E-state index is 14.0. The Morgan fingerprint density at radius 2 is 1.84 bits per heavy atom. The molecule has 3 N–H and O–H groups in total. The first kappa shape index (κ1) is 26.9. The van der Waals surface area contributed by atoms with Crippen LogP contribution in [-0.2, 0) is 12.8 Å². The Morgan fingerprint density at radius 3 is 2.50 bits per heavy atom. The van der Waals surface area contributed by atoms with Crippen LogP contribution in [0.5, 0.6) is 5.75 Å². The first-order chi connectivity index (χ1) is 18.2. The van der Waals surface area contributed by atoms with Gasteiger partial charge in [-0.3, -0.25) is 0 Å². The van der Waals surface area contributed by atoms with Crippen molar-refractivity contribution in [1.82, 2.24) is 0 Å². The van der Waals surface area contributed by atoms with Crippen LogP contribution in [0.15, 0.2) is 77.1 Å². The maximum Gasteiger partial charge on any atom is 0.426 e. The zero-order valence-corrected chi connectivity index (χ0v) is 21.6. The predicted molar refractivity (Wildman–Crippen MR) is 145 cm³/mol. The predicted octanol–water partition coefficient (Wildman–Crippen LogP) is 8.27. The number of rotatable bonds is 8. The Bertz CT molecular complexity index is 1550. The highest BCUT2D eigenvalue weighted by Crippen LogP contribution is 2.47. The standard InChI is InChI=1S/C29H25F3N4OS/c1-3-6-21(16-26(33)35-36-34)20-10-12-22(13-11-20)37-17-19-9-14-25-24(15-19)27(28(38-25)29(30,31)32)23-8-5-4-7-18(23)2/h4-5,7-15,21H,16-17H2,1-2H3,(H3,33,34,35)/t21-/m0/s1. The summed E-state index contributed by atoms with van der Waals surface area (Å²) < 4.78 is 48.4. The molecule has 0 fully saturated rings. The summed E-state index contributed by atoms with van der Waals surface area (Å²) in [6.07, 6.45) is -4.11. The Hall–Kier alpha value is -4.16. The Balaban J connectivity index is 1.59. The normalized spacial score (nSPS) is 12.6. The van der Waals surface area contributed by atoms with Gasteiger partial charge in [0.1, 0.15) is 23.1 Å². The Labute approximate surface area is 222 Å². The number of nitrogens with two attached hydrogens (primary N) is 1. The third-order valence-electron chi connectivity index (χ3n) is 6.02. The second-order valence-electron chi connectivity index (χ2n) is 8.65. The van der Waals surface area contributed by atoms with Gasteiger partial charge in [-0.15, -0.1) is 22.4 Å². The largest absolute Gasteiger partial charge is 0.489 e. The smallest absolute Gasteiger partial charge is 0.426 e. The number of aryl methyl sites for hydroxylation is 1. The molecule has 0 radical (unpaired) electrons. The number of alkyl halides is 3. The second kappa shape index (κ2) is 11.5. The Morgan fingerprint density at radius 1 is 1.11 bits per heavy atom. The number of benzene rings is 3. The van der Waals surface area contributed by atoms with Crippen LogP contribution in [0.3, 0.4) is 0 Å². The van der Waals surface area contributed by atoms with Crippen molar-refractivity contribution in [3.8, 4) is 28.7 Å². The molecule has 0 spiro atoms. The molecule has 0 saturated heterocycles.